The molecule has 17 heteroatoms. The Balaban J connectivity index is 1.31. The molecular formula is C40H67N5O12. The van der Waals surface area contributed by atoms with E-state index in [0.29, 0.717) is 6.42 Å². The Morgan fingerprint density at radius 2 is 1.42 bits per heavy atom. The highest BCUT2D eigenvalue weighted by Crippen LogP contribution is 2.36. The van der Waals surface area contributed by atoms with Gasteiger partial charge in [0.25, 0.3) is 5.56 Å². The van der Waals surface area contributed by atoms with Gasteiger partial charge in [0.05, 0.1) is 6.61 Å². The highest BCUT2D eigenvalue weighted by Gasteiger charge is 2.55. The molecule has 4 rings (SSSR count). The number of carbonyl (C=O) groups is 2. The van der Waals surface area contributed by atoms with Gasteiger partial charge in [0.15, 0.2) is 12.5 Å². The summed E-state index contributed by atoms with van der Waals surface area (Å²) in [7, 11) is 2.96. The van der Waals surface area contributed by atoms with Crippen LogP contribution in [0.2, 0.25) is 0 Å². The first-order valence-corrected chi connectivity index (χ1v) is 21.0. The summed E-state index contributed by atoms with van der Waals surface area (Å²) < 4.78 is 24.3. The molecule has 17 nitrogen and oxygen atoms in total. The molecule has 0 aromatic carbocycles. The van der Waals surface area contributed by atoms with Crippen molar-refractivity contribution in [3.63, 3.8) is 0 Å². The quantitative estimate of drug-likeness (QED) is 0.0640. The molecule has 1 aromatic heterocycles. The molecule has 0 aliphatic carbocycles. The highest BCUT2D eigenvalue weighted by molar-refractivity contribution is 5.96. The number of nitrogens with one attached hydrogen (secondary N) is 1. The average molecular weight is 810 g/mol. The molecule has 1 amide bonds. The van der Waals surface area contributed by atoms with E-state index in [1.54, 1.807) is 7.05 Å². The number of amides is 1. The summed E-state index contributed by atoms with van der Waals surface area (Å²) in [6, 6.07) is -0.299. The second-order valence-electron chi connectivity index (χ2n) is 15.7. The van der Waals surface area contributed by atoms with Gasteiger partial charge in [-0.25, -0.2) is 9.59 Å². The number of ether oxygens (including phenoxy) is 4. The monoisotopic (exact) mass is 809 g/mol. The van der Waals surface area contributed by atoms with Crippen LogP contribution in [0.15, 0.2) is 33.6 Å². The van der Waals surface area contributed by atoms with Crippen molar-refractivity contribution in [2.24, 2.45) is 5.73 Å². The van der Waals surface area contributed by atoms with Crippen molar-refractivity contribution < 1.29 is 49.0 Å². The van der Waals surface area contributed by atoms with Crippen molar-refractivity contribution in [3.8, 4) is 0 Å². The Kier molecular flexibility index (Phi) is 19.3. The third kappa shape index (κ3) is 12.7. The van der Waals surface area contributed by atoms with Gasteiger partial charge >= 0.3 is 11.7 Å². The zero-order valence-electron chi connectivity index (χ0n) is 33.9. The van der Waals surface area contributed by atoms with Gasteiger partial charge < -0.3 is 50.0 Å². The number of esters is 1. The standard InChI is InChI=1S/C40H67N5O12/c1-4-5-6-7-8-9-10-11-12-13-14-15-16-17-18-19-24-54-38(52)26-20-22-43(2)29(36(51)44(26)3)34(57-39-33(50)30(47)27(25-41)55-39)35-31(48)32(49)37(56-35)45-23-21-28(46)42-40(45)53/h20-21,23,27,29-35,37,39,47-50H,4-19,22,24-25,41H2,1-3H3,(H,42,46,53)/t27-,29+,30-,31+,32-,33-,34+,35+,37-,39+/m1/s1. The average Bonchev–Trinajstić information content (AvgIpc) is 3.59. The lowest BCUT2D eigenvalue weighted by Crippen LogP contribution is -2.59. The molecule has 1 aromatic rings. The van der Waals surface area contributed by atoms with Gasteiger partial charge in [-0.3, -0.25) is 24.0 Å². The molecule has 0 spiro atoms. The second-order valence-corrected chi connectivity index (χ2v) is 15.7. The van der Waals surface area contributed by atoms with Crippen molar-refractivity contribution in [1.82, 2.24) is 19.4 Å². The summed E-state index contributed by atoms with van der Waals surface area (Å²) in [5.74, 6) is -1.36. The zero-order valence-corrected chi connectivity index (χ0v) is 33.9. The van der Waals surface area contributed by atoms with Gasteiger partial charge in [-0.1, -0.05) is 103 Å². The number of carbonyl (C=O) groups excluding carboxylic acids is 2. The minimum absolute atomic E-state index is 0.00838. The molecule has 3 aliphatic rings. The molecule has 2 fully saturated rings. The fourth-order valence-electron chi connectivity index (χ4n) is 7.81. The van der Waals surface area contributed by atoms with Crippen molar-refractivity contribution in [3.05, 3.63) is 44.9 Å². The summed E-state index contributed by atoms with van der Waals surface area (Å²) in [6.45, 7) is 2.30. The second kappa shape index (κ2) is 23.6. The van der Waals surface area contributed by atoms with Crippen LogP contribution >= 0.6 is 0 Å². The van der Waals surface area contributed by atoms with Crippen LogP contribution in [0.1, 0.15) is 116 Å². The van der Waals surface area contributed by atoms with Crippen LogP contribution in [0.25, 0.3) is 0 Å². The van der Waals surface area contributed by atoms with E-state index in [2.05, 4.69) is 11.9 Å². The number of aromatic amines is 1. The van der Waals surface area contributed by atoms with Crippen molar-refractivity contribution >= 4 is 11.9 Å². The first kappa shape index (κ1) is 46.7. The van der Waals surface area contributed by atoms with Gasteiger partial charge in [-0.2, -0.15) is 0 Å². The van der Waals surface area contributed by atoms with Crippen molar-refractivity contribution in [2.75, 3.05) is 33.8 Å². The van der Waals surface area contributed by atoms with Crippen LogP contribution in [-0.4, -0.2) is 141 Å². The first-order chi connectivity index (χ1) is 27.4. The van der Waals surface area contributed by atoms with Gasteiger partial charge in [0, 0.05) is 32.4 Å². The van der Waals surface area contributed by atoms with Crippen molar-refractivity contribution in [1.29, 1.82) is 0 Å². The van der Waals surface area contributed by atoms with Crippen molar-refractivity contribution in [2.45, 2.75) is 171 Å². The van der Waals surface area contributed by atoms with E-state index in [1.807, 2.05) is 0 Å². The number of aromatic nitrogens is 2. The van der Waals surface area contributed by atoms with Crippen LogP contribution in [0, 0.1) is 0 Å². The van der Waals surface area contributed by atoms with E-state index in [4.69, 9.17) is 24.7 Å². The molecule has 57 heavy (non-hydrogen) atoms. The van der Waals surface area contributed by atoms with E-state index >= 15 is 0 Å². The Morgan fingerprint density at radius 1 is 0.842 bits per heavy atom. The van der Waals surface area contributed by atoms with E-state index in [9.17, 15) is 39.6 Å². The van der Waals surface area contributed by atoms with Gasteiger partial charge in [0.2, 0.25) is 5.91 Å². The zero-order chi connectivity index (χ0) is 41.5. The summed E-state index contributed by atoms with van der Waals surface area (Å²) >= 11 is 0. The number of nitrogens with zero attached hydrogens (tertiary/aromatic N) is 3. The molecule has 10 atom stereocenters. The molecule has 4 heterocycles. The fraction of sp³-hybridized carbons (Fsp3) is 0.800. The predicted octanol–water partition coefficient (Wildman–Crippen LogP) is 1.41. The van der Waals surface area contributed by atoms with Gasteiger partial charge in [-0.05, 0) is 19.5 Å². The molecule has 0 radical (unpaired) electrons. The Labute approximate surface area is 335 Å². The molecular weight excluding hydrogens is 742 g/mol. The molecule has 2 saturated heterocycles. The Hall–Kier alpha value is -3.00. The fourth-order valence-corrected chi connectivity index (χ4v) is 7.81. The third-order valence-electron chi connectivity index (χ3n) is 11.3. The molecule has 3 aliphatic heterocycles. The predicted molar refractivity (Wildman–Crippen MR) is 210 cm³/mol. The van der Waals surface area contributed by atoms with Crippen LogP contribution < -0.4 is 17.0 Å². The maximum atomic E-state index is 14.3. The third-order valence-corrected chi connectivity index (χ3v) is 11.3. The molecule has 0 bridgehead atoms. The maximum Gasteiger partial charge on any atom is 0.354 e. The molecule has 324 valence electrons. The summed E-state index contributed by atoms with van der Waals surface area (Å²) in [5, 5.41) is 43.6. The number of nitrogens with two attached hydrogens (primary N) is 1. The van der Waals surface area contributed by atoms with E-state index in [1.165, 1.54) is 95.1 Å². The number of aliphatic hydroxyl groups is 4. The van der Waals surface area contributed by atoms with Crippen LogP contribution in [-0.2, 0) is 28.5 Å². The number of H-pyrrole nitrogens is 1. The van der Waals surface area contributed by atoms with Gasteiger partial charge in [-0.15, -0.1) is 0 Å². The summed E-state index contributed by atoms with van der Waals surface area (Å²) in [4.78, 5) is 56.6. The summed E-state index contributed by atoms with van der Waals surface area (Å²) in [6.07, 6.45) is 8.51. The maximum absolute atomic E-state index is 14.3. The highest BCUT2D eigenvalue weighted by atomic mass is 16.7. The Morgan fingerprint density at radius 3 is 1.96 bits per heavy atom. The first-order valence-electron chi connectivity index (χ1n) is 21.0. The lowest BCUT2D eigenvalue weighted by Gasteiger charge is -2.38. The number of aliphatic hydroxyl groups excluding tert-OH is 4. The van der Waals surface area contributed by atoms with Gasteiger partial charge in [0.1, 0.15) is 54.5 Å². The summed E-state index contributed by atoms with van der Waals surface area (Å²) in [5.41, 5.74) is 4.08. The molecule has 7 N–H and O–H groups in total. The van der Waals surface area contributed by atoms with E-state index < -0.39 is 84.4 Å². The van der Waals surface area contributed by atoms with Crippen LogP contribution in [0.4, 0.5) is 0 Å². The number of hydrogen-bond acceptors (Lipinski definition) is 14. The largest absolute Gasteiger partial charge is 0.461 e. The van der Waals surface area contributed by atoms with E-state index in [0.717, 1.165) is 41.0 Å². The number of likely N-dealkylation sites (N-methyl/N-ethyl adjacent to an activating group) is 2. The topological polar surface area (TPSA) is 239 Å². The molecule has 0 saturated carbocycles. The van der Waals surface area contributed by atoms with E-state index in [-0.39, 0.29) is 25.4 Å². The SMILES string of the molecule is CCCCCCCCCCCCCCCCCCOC(=O)C1=CCN(C)[C@@H]([C@H](O[C@@H]2O[C@H](CN)[C@@H](O)[C@H]2O)[C@H]2O[C@@H](n3ccc(=O)[nH]c3=O)[C@H](O)[C@@H]2O)C(=O)N1C. The number of hydrogen-bond donors (Lipinski definition) is 6. The smallest absolute Gasteiger partial charge is 0.354 e. The lowest BCUT2D eigenvalue weighted by molar-refractivity contribution is -0.232. The normalized spacial score (nSPS) is 28.8. The number of unbranched alkanes of at least 4 members (excludes halogenated alkanes) is 15. The number of rotatable bonds is 24. The minimum Gasteiger partial charge on any atom is -0.461 e. The lowest BCUT2D eigenvalue weighted by atomic mass is 9.97. The van der Waals surface area contributed by atoms with Crippen LogP contribution in [0.3, 0.4) is 0 Å². The minimum atomic E-state index is -1.76. The Bertz CT molecular complexity index is 1540. The van der Waals surface area contributed by atoms with Crippen LogP contribution in [0.5, 0.6) is 0 Å². The molecule has 0 unspecified atom stereocenters.